The molecule has 2 aromatic carbocycles. The van der Waals surface area contributed by atoms with Crippen LogP contribution in [-0.2, 0) is 9.59 Å². The van der Waals surface area contributed by atoms with Gasteiger partial charge in [0.2, 0.25) is 11.8 Å². The topological polar surface area (TPSA) is 81.7 Å². The lowest BCUT2D eigenvalue weighted by atomic mass is 10.1. The maximum atomic E-state index is 12.6. The highest BCUT2D eigenvalue weighted by Crippen LogP contribution is 2.27. The van der Waals surface area contributed by atoms with Crippen molar-refractivity contribution < 1.29 is 14.7 Å². The number of para-hydroxylation sites is 1. The number of rotatable bonds is 8. The summed E-state index contributed by atoms with van der Waals surface area (Å²) in [7, 11) is 0. The van der Waals surface area contributed by atoms with Crippen molar-refractivity contribution in [2.75, 3.05) is 23.7 Å². The minimum atomic E-state index is -0.0976. The standard InChI is InChI=1S/C23H29N3O3/c1-15-5-4-6-16(2)23(15)25-22(29)14-26(18-7-8-18)12-11-21(28)24-20-10-9-19(27)13-17(20)3/h4-6,9-10,13,18,27H,7-8,11-12,14H2,1-3H3,(H,24,28)(H,25,29). The molecule has 1 saturated carbocycles. The largest absolute Gasteiger partial charge is 0.508 e. The number of aryl methyl sites for hydroxylation is 3. The van der Waals surface area contributed by atoms with Crippen molar-refractivity contribution in [3.63, 3.8) is 0 Å². The maximum Gasteiger partial charge on any atom is 0.238 e. The van der Waals surface area contributed by atoms with E-state index in [0.29, 0.717) is 24.7 Å². The van der Waals surface area contributed by atoms with Crippen LogP contribution in [-0.4, -0.2) is 41.0 Å². The predicted molar refractivity (Wildman–Crippen MR) is 115 cm³/mol. The summed E-state index contributed by atoms with van der Waals surface area (Å²) in [6.45, 7) is 6.62. The Hall–Kier alpha value is -2.86. The molecule has 3 rings (SSSR count). The first kappa shape index (κ1) is 20.9. The van der Waals surface area contributed by atoms with E-state index in [9.17, 15) is 14.7 Å². The van der Waals surface area contributed by atoms with Crippen LogP contribution in [0.3, 0.4) is 0 Å². The zero-order valence-corrected chi connectivity index (χ0v) is 17.3. The lowest BCUT2D eigenvalue weighted by molar-refractivity contribution is -0.119. The molecule has 1 aliphatic rings. The third kappa shape index (κ3) is 5.81. The molecular weight excluding hydrogens is 366 g/mol. The second-order valence-corrected chi connectivity index (χ2v) is 7.81. The van der Waals surface area contributed by atoms with Gasteiger partial charge in [0, 0.05) is 30.4 Å². The van der Waals surface area contributed by atoms with Gasteiger partial charge in [-0.1, -0.05) is 18.2 Å². The number of phenolic OH excluding ortho intramolecular Hbond substituents is 1. The van der Waals surface area contributed by atoms with Gasteiger partial charge in [0.05, 0.1) is 6.54 Å². The number of amides is 2. The summed E-state index contributed by atoms with van der Waals surface area (Å²) in [4.78, 5) is 27.0. The Kier molecular flexibility index (Phi) is 6.54. The highest BCUT2D eigenvalue weighted by atomic mass is 16.3. The van der Waals surface area contributed by atoms with Crippen LogP contribution in [0, 0.1) is 20.8 Å². The average molecular weight is 396 g/mol. The van der Waals surface area contributed by atoms with E-state index in [-0.39, 0.29) is 24.1 Å². The fraction of sp³-hybridized carbons (Fsp3) is 0.391. The Morgan fingerprint density at radius 3 is 2.31 bits per heavy atom. The summed E-state index contributed by atoms with van der Waals surface area (Å²) in [5.74, 6) is 0.0268. The first-order valence-electron chi connectivity index (χ1n) is 10.0. The van der Waals surface area contributed by atoms with E-state index in [1.165, 1.54) is 0 Å². The van der Waals surface area contributed by atoms with Gasteiger partial charge in [0.15, 0.2) is 0 Å². The van der Waals surface area contributed by atoms with Crippen LogP contribution in [0.4, 0.5) is 11.4 Å². The Morgan fingerprint density at radius 1 is 1.00 bits per heavy atom. The van der Waals surface area contributed by atoms with Crippen LogP contribution in [0.25, 0.3) is 0 Å². The van der Waals surface area contributed by atoms with Gasteiger partial charge in [-0.3, -0.25) is 14.5 Å². The van der Waals surface area contributed by atoms with Crippen LogP contribution in [0.2, 0.25) is 0 Å². The minimum Gasteiger partial charge on any atom is -0.508 e. The number of nitrogens with zero attached hydrogens (tertiary/aromatic N) is 1. The number of nitrogens with one attached hydrogen (secondary N) is 2. The number of carbonyl (C=O) groups excluding carboxylic acids is 2. The van der Waals surface area contributed by atoms with Crippen LogP contribution >= 0.6 is 0 Å². The highest BCUT2D eigenvalue weighted by molar-refractivity contribution is 5.94. The van der Waals surface area contributed by atoms with Crippen LogP contribution in [0.5, 0.6) is 5.75 Å². The van der Waals surface area contributed by atoms with Crippen molar-refractivity contribution in [1.29, 1.82) is 0 Å². The molecule has 0 heterocycles. The van der Waals surface area contributed by atoms with E-state index < -0.39 is 0 Å². The van der Waals surface area contributed by atoms with Gasteiger partial charge in [-0.25, -0.2) is 0 Å². The van der Waals surface area contributed by atoms with Crippen LogP contribution in [0.1, 0.15) is 36.0 Å². The smallest absolute Gasteiger partial charge is 0.238 e. The van der Waals surface area contributed by atoms with E-state index in [4.69, 9.17) is 0 Å². The van der Waals surface area contributed by atoms with Gasteiger partial charge in [-0.2, -0.15) is 0 Å². The summed E-state index contributed by atoms with van der Waals surface area (Å²) in [6, 6.07) is 11.2. The van der Waals surface area contributed by atoms with Crippen molar-refractivity contribution in [3.05, 3.63) is 53.1 Å². The molecule has 0 bridgehead atoms. The Bertz CT molecular complexity index is 886. The van der Waals surface area contributed by atoms with Gasteiger partial charge in [-0.05, 0) is 68.5 Å². The Morgan fingerprint density at radius 2 is 1.69 bits per heavy atom. The quantitative estimate of drug-likeness (QED) is 0.595. The average Bonchev–Trinajstić information content (AvgIpc) is 3.49. The summed E-state index contributed by atoms with van der Waals surface area (Å²) in [6.07, 6.45) is 2.44. The highest BCUT2D eigenvalue weighted by Gasteiger charge is 2.30. The summed E-state index contributed by atoms with van der Waals surface area (Å²) in [5, 5.41) is 15.4. The third-order valence-electron chi connectivity index (χ3n) is 5.27. The molecule has 0 unspecified atom stereocenters. The molecule has 3 N–H and O–H groups in total. The van der Waals surface area contributed by atoms with Gasteiger partial charge in [-0.15, -0.1) is 0 Å². The first-order valence-corrected chi connectivity index (χ1v) is 10.0. The fourth-order valence-electron chi connectivity index (χ4n) is 3.45. The van der Waals surface area contributed by atoms with Gasteiger partial charge >= 0.3 is 0 Å². The molecule has 6 heteroatoms. The number of aromatic hydroxyl groups is 1. The fourth-order valence-corrected chi connectivity index (χ4v) is 3.45. The molecule has 0 spiro atoms. The zero-order chi connectivity index (χ0) is 21.0. The molecule has 6 nitrogen and oxygen atoms in total. The maximum absolute atomic E-state index is 12.6. The molecule has 154 valence electrons. The number of phenols is 1. The van der Waals surface area contributed by atoms with E-state index in [0.717, 1.165) is 35.2 Å². The number of hydrogen-bond donors (Lipinski definition) is 3. The van der Waals surface area contributed by atoms with Crippen molar-refractivity contribution >= 4 is 23.2 Å². The van der Waals surface area contributed by atoms with E-state index >= 15 is 0 Å². The number of anilines is 2. The van der Waals surface area contributed by atoms with Crippen molar-refractivity contribution in [1.82, 2.24) is 4.90 Å². The van der Waals surface area contributed by atoms with Crippen molar-refractivity contribution in [2.45, 2.75) is 46.1 Å². The second kappa shape index (κ2) is 9.09. The van der Waals surface area contributed by atoms with E-state index in [1.54, 1.807) is 18.2 Å². The molecule has 1 aliphatic carbocycles. The molecule has 1 fully saturated rings. The Labute approximate surface area is 171 Å². The van der Waals surface area contributed by atoms with Crippen LogP contribution < -0.4 is 10.6 Å². The molecular formula is C23H29N3O3. The monoisotopic (exact) mass is 395 g/mol. The zero-order valence-electron chi connectivity index (χ0n) is 17.3. The molecule has 0 saturated heterocycles. The van der Waals surface area contributed by atoms with Gasteiger partial charge < -0.3 is 15.7 Å². The molecule has 2 aromatic rings. The van der Waals surface area contributed by atoms with E-state index in [2.05, 4.69) is 15.5 Å². The molecule has 29 heavy (non-hydrogen) atoms. The first-order chi connectivity index (χ1) is 13.8. The summed E-state index contributed by atoms with van der Waals surface area (Å²) < 4.78 is 0. The van der Waals surface area contributed by atoms with Gasteiger partial charge in [0.25, 0.3) is 0 Å². The Balaban J connectivity index is 1.53. The third-order valence-corrected chi connectivity index (χ3v) is 5.27. The number of benzene rings is 2. The normalized spacial score (nSPS) is 13.4. The minimum absolute atomic E-state index is 0.0518. The molecule has 2 amide bonds. The van der Waals surface area contributed by atoms with Crippen molar-refractivity contribution in [3.8, 4) is 5.75 Å². The molecule has 0 aliphatic heterocycles. The molecule has 0 radical (unpaired) electrons. The predicted octanol–water partition coefficient (Wildman–Crippen LogP) is 3.75. The lowest BCUT2D eigenvalue weighted by Gasteiger charge is -2.22. The number of carbonyl (C=O) groups is 2. The van der Waals surface area contributed by atoms with Crippen LogP contribution in [0.15, 0.2) is 36.4 Å². The lowest BCUT2D eigenvalue weighted by Crippen LogP contribution is -2.37. The summed E-state index contributed by atoms with van der Waals surface area (Å²) in [5.41, 5.74) is 4.46. The van der Waals surface area contributed by atoms with Crippen molar-refractivity contribution in [2.24, 2.45) is 0 Å². The van der Waals surface area contributed by atoms with E-state index in [1.807, 2.05) is 39.0 Å². The van der Waals surface area contributed by atoms with Gasteiger partial charge in [0.1, 0.15) is 5.75 Å². The number of hydrogen-bond acceptors (Lipinski definition) is 4. The molecule has 0 aromatic heterocycles. The molecule has 0 atom stereocenters. The SMILES string of the molecule is Cc1cc(O)ccc1NC(=O)CCN(CC(=O)Nc1c(C)cccc1C)C1CC1. The summed E-state index contributed by atoms with van der Waals surface area (Å²) >= 11 is 0. The second-order valence-electron chi connectivity index (χ2n) is 7.81.